The number of imidazole rings is 1. The molecule has 0 amide bonds. The lowest BCUT2D eigenvalue weighted by molar-refractivity contribution is 0.111. The van der Waals surface area contributed by atoms with E-state index < -0.39 is 0 Å². The third kappa shape index (κ3) is 4.77. The zero-order valence-corrected chi connectivity index (χ0v) is 9.48. The minimum atomic E-state index is 0.529. The van der Waals surface area contributed by atoms with Crippen molar-refractivity contribution < 1.29 is 4.79 Å². The van der Waals surface area contributed by atoms with E-state index in [1.54, 1.807) is 12.5 Å². The molecule has 84 valence electrons. The summed E-state index contributed by atoms with van der Waals surface area (Å²) in [6.07, 6.45) is 12.1. The molecule has 0 N–H and O–H groups in total. The Morgan fingerprint density at radius 1 is 1.27 bits per heavy atom. The van der Waals surface area contributed by atoms with Gasteiger partial charge in [-0.25, -0.2) is 4.98 Å². The maximum absolute atomic E-state index is 10.4. The Morgan fingerprint density at radius 2 is 2.00 bits per heavy atom. The zero-order chi connectivity index (χ0) is 10.9. The Balaban J connectivity index is 2.07. The quantitative estimate of drug-likeness (QED) is 0.486. The van der Waals surface area contributed by atoms with E-state index in [0.717, 1.165) is 12.8 Å². The summed E-state index contributed by atoms with van der Waals surface area (Å²) in [6, 6.07) is 0. The highest BCUT2D eigenvalue weighted by Gasteiger charge is 1.96. The third-order valence-electron chi connectivity index (χ3n) is 2.54. The Morgan fingerprint density at radius 3 is 2.67 bits per heavy atom. The number of carbonyl (C=O) groups excluding carboxylic acids is 1. The fourth-order valence-corrected chi connectivity index (χ4v) is 1.64. The van der Waals surface area contributed by atoms with Gasteiger partial charge < -0.3 is 4.57 Å². The summed E-state index contributed by atoms with van der Waals surface area (Å²) >= 11 is 0. The van der Waals surface area contributed by atoms with Gasteiger partial charge in [-0.2, -0.15) is 0 Å². The summed E-state index contributed by atoms with van der Waals surface area (Å²) in [6.45, 7) is 3.21. The average molecular weight is 208 g/mol. The van der Waals surface area contributed by atoms with Crippen LogP contribution in [0.25, 0.3) is 0 Å². The van der Waals surface area contributed by atoms with Crippen molar-refractivity contribution in [2.24, 2.45) is 0 Å². The van der Waals surface area contributed by atoms with Crippen LogP contribution in [0.2, 0.25) is 0 Å². The van der Waals surface area contributed by atoms with Gasteiger partial charge >= 0.3 is 0 Å². The largest absolute Gasteiger partial charge is 0.337 e. The van der Waals surface area contributed by atoms with Gasteiger partial charge in [0, 0.05) is 12.7 Å². The summed E-state index contributed by atoms with van der Waals surface area (Å²) in [5.41, 5.74) is 0.529. The van der Waals surface area contributed by atoms with Crippen LogP contribution in [0.3, 0.4) is 0 Å². The highest BCUT2D eigenvalue weighted by molar-refractivity contribution is 5.70. The first-order valence-electron chi connectivity index (χ1n) is 5.83. The Labute approximate surface area is 91.5 Å². The lowest BCUT2D eigenvalue weighted by atomic mass is 10.1. The molecule has 0 spiro atoms. The topological polar surface area (TPSA) is 34.9 Å². The van der Waals surface area contributed by atoms with Gasteiger partial charge in [0.2, 0.25) is 0 Å². The van der Waals surface area contributed by atoms with Gasteiger partial charge in [-0.15, -0.1) is 0 Å². The van der Waals surface area contributed by atoms with E-state index in [1.165, 1.54) is 38.5 Å². The van der Waals surface area contributed by atoms with Crippen LogP contribution in [0, 0.1) is 0 Å². The number of nitrogens with zero attached hydrogens (tertiary/aromatic N) is 2. The Kier molecular flexibility index (Phi) is 5.74. The molecule has 0 saturated heterocycles. The molecule has 0 aromatic carbocycles. The normalized spacial score (nSPS) is 10.5. The fourth-order valence-electron chi connectivity index (χ4n) is 1.64. The first-order chi connectivity index (χ1) is 7.36. The van der Waals surface area contributed by atoms with Crippen molar-refractivity contribution in [3.8, 4) is 0 Å². The highest BCUT2D eigenvalue weighted by atomic mass is 16.1. The smallest absolute Gasteiger partial charge is 0.169 e. The van der Waals surface area contributed by atoms with Crippen LogP contribution in [0.4, 0.5) is 0 Å². The van der Waals surface area contributed by atoms with Crippen LogP contribution in [0.1, 0.15) is 55.9 Å². The summed E-state index contributed by atoms with van der Waals surface area (Å²) in [5, 5.41) is 0. The summed E-state index contributed by atoms with van der Waals surface area (Å²) < 4.78 is 1.99. The molecule has 0 aliphatic rings. The number of rotatable bonds is 8. The second-order valence-corrected chi connectivity index (χ2v) is 3.92. The first kappa shape index (κ1) is 12.0. The third-order valence-corrected chi connectivity index (χ3v) is 2.54. The highest BCUT2D eigenvalue weighted by Crippen LogP contribution is 2.06. The molecular formula is C12H20N2O. The molecule has 0 saturated carbocycles. The number of unbranched alkanes of at least 4 members (excludes halogenated alkanes) is 5. The SMILES string of the molecule is CCCCCCCCn1cnc(C=O)c1. The van der Waals surface area contributed by atoms with Gasteiger partial charge in [-0.3, -0.25) is 4.79 Å². The van der Waals surface area contributed by atoms with Crippen LogP contribution in [0.5, 0.6) is 0 Å². The number of aldehydes is 1. The monoisotopic (exact) mass is 208 g/mol. The van der Waals surface area contributed by atoms with E-state index in [-0.39, 0.29) is 0 Å². The number of hydrogen-bond acceptors (Lipinski definition) is 2. The molecule has 0 atom stereocenters. The molecule has 1 rings (SSSR count). The van der Waals surface area contributed by atoms with Crippen LogP contribution >= 0.6 is 0 Å². The molecule has 0 aliphatic carbocycles. The number of aromatic nitrogens is 2. The summed E-state index contributed by atoms with van der Waals surface area (Å²) in [5.74, 6) is 0. The molecule has 0 radical (unpaired) electrons. The van der Waals surface area contributed by atoms with Crippen LogP contribution < -0.4 is 0 Å². The van der Waals surface area contributed by atoms with Gasteiger partial charge in [0.1, 0.15) is 5.69 Å². The molecule has 0 aliphatic heterocycles. The second-order valence-electron chi connectivity index (χ2n) is 3.92. The second kappa shape index (κ2) is 7.21. The molecular weight excluding hydrogens is 188 g/mol. The van der Waals surface area contributed by atoms with Crippen LogP contribution in [-0.4, -0.2) is 15.8 Å². The van der Waals surface area contributed by atoms with Crippen LogP contribution in [-0.2, 0) is 6.54 Å². The number of aryl methyl sites for hydroxylation is 1. The molecule has 0 fully saturated rings. The fraction of sp³-hybridized carbons (Fsp3) is 0.667. The van der Waals surface area contributed by atoms with Gasteiger partial charge in [0.05, 0.1) is 6.33 Å². The number of hydrogen-bond donors (Lipinski definition) is 0. The van der Waals surface area contributed by atoms with Crippen molar-refractivity contribution in [3.63, 3.8) is 0 Å². The summed E-state index contributed by atoms with van der Waals surface area (Å²) in [7, 11) is 0. The molecule has 3 nitrogen and oxygen atoms in total. The van der Waals surface area contributed by atoms with Crippen LogP contribution in [0.15, 0.2) is 12.5 Å². The zero-order valence-electron chi connectivity index (χ0n) is 9.48. The standard InChI is InChI=1S/C12H20N2O/c1-2-3-4-5-6-7-8-14-9-12(10-15)13-11-14/h9-11H,2-8H2,1H3. The predicted molar refractivity (Wildman–Crippen MR) is 61.0 cm³/mol. The molecule has 3 heteroatoms. The van der Waals surface area contributed by atoms with Gasteiger partial charge in [0.15, 0.2) is 6.29 Å². The maximum Gasteiger partial charge on any atom is 0.169 e. The molecule has 1 heterocycles. The first-order valence-corrected chi connectivity index (χ1v) is 5.83. The molecule has 15 heavy (non-hydrogen) atoms. The average Bonchev–Trinajstić information content (AvgIpc) is 2.71. The molecule has 0 bridgehead atoms. The van der Waals surface area contributed by atoms with Gasteiger partial charge in [0.25, 0.3) is 0 Å². The van der Waals surface area contributed by atoms with E-state index in [4.69, 9.17) is 0 Å². The maximum atomic E-state index is 10.4. The Hall–Kier alpha value is -1.12. The molecule has 1 aromatic rings. The summed E-state index contributed by atoms with van der Waals surface area (Å²) in [4.78, 5) is 14.4. The van der Waals surface area contributed by atoms with Gasteiger partial charge in [-0.05, 0) is 6.42 Å². The predicted octanol–water partition coefficient (Wildman–Crippen LogP) is 3.06. The van der Waals surface area contributed by atoms with Crippen molar-refractivity contribution in [1.82, 2.24) is 9.55 Å². The van der Waals surface area contributed by atoms with Crippen molar-refractivity contribution >= 4 is 6.29 Å². The molecule has 1 aromatic heterocycles. The lowest BCUT2D eigenvalue weighted by Crippen LogP contribution is -1.94. The Bertz CT molecular complexity index is 281. The van der Waals surface area contributed by atoms with Crippen molar-refractivity contribution in [2.45, 2.75) is 52.0 Å². The van der Waals surface area contributed by atoms with Crippen molar-refractivity contribution in [2.75, 3.05) is 0 Å². The minimum absolute atomic E-state index is 0.529. The van der Waals surface area contributed by atoms with E-state index in [0.29, 0.717) is 5.69 Å². The minimum Gasteiger partial charge on any atom is -0.337 e. The van der Waals surface area contributed by atoms with Crippen molar-refractivity contribution in [1.29, 1.82) is 0 Å². The van der Waals surface area contributed by atoms with E-state index in [9.17, 15) is 4.79 Å². The van der Waals surface area contributed by atoms with E-state index in [2.05, 4.69) is 11.9 Å². The van der Waals surface area contributed by atoms with E-state index >= 15 is 0 Å². The van der Waals surface area contributed by atoms with Crippen molar-refractivity contribution in [3.05, 3.63) is 18.2 Å². The molecule has 0 unspecified atom stereocenters. The van der Waals surface area contributed by atoms with E-state index in [1.807, 2.05) is 4.57 Å². The lowest BCUT2D eigenvalue weighted by Gasteiger charge is -2.01. The van der Waals surface area contributed by atoms with Gasteiger partial charge in [-0.1, -0.05) is 39.0 Å². The number of carbonyl (C=O) groups is 1.